The summed E-state index contributed by atoms with van der Waals surface area (Å²) in [5.74, 6) is -4.16. The Morgan fingerprint density at radius 3 is 2.38 bits per heavy atom. The van der Waals surface area contributed by atoms with E-state index in [0.717, 1.165) is 12.1 Å². The maximum Gasteiger partial charge on any atom is 0.328 e. The van der Waals surface area contributed by atoms with Crippen molar-refractivity contribution in [1.29, 1.82) is 0 Å². The first kappa shape index (κ1) is 19.0. The van der Waals surface area contributed by atoms with Crippen molar-refractivity contribution in [3.63, 3.8) is 0 Å². The van der Waals surface area contributed by atoms with Crippen molar-refractivity contribution in [2.45, 2.75) is 13.0 Å². The summed E-state index contributed by atoms with van der Waals surface area (Å²) in [5, 5.41) is 4.71. The summed E-state index contributed by atoms with van der Waals surface area (Å²) in [6, 6.07) is 10.1. The van der Waals surface area contributed by atoms with Gasteiger partial charge < -0.3 is 15.4 Å². The van der Waals surface area contributed by atoms with Crippen LogP contribution < -0.4 is 10.6 Å². The van der Waals surface area contributed by atoms with Crippen molar-refractivity contribution < 1.29 is 27.9 Å². The van der Waals surface area contributed by atoms with Gasteiger partial charge >= 0.3 is 5.97 Å². The zero-order chi connectivity index (χ0) is 19.1. The minimum Gasteiger partial charge on any atom is -0.454 e. The smallest absolute Gasteiger partial charge is 0.328 e. The lowest BCUT2D eigenvalue weighted by atomic mass is 10.2. The summed E-state index contributed by atoms with van der Waals surface area (Å²) in [6.45, 7) is 0.778. The first-order chi connectivity index (χ1) is 12.4. The lowest BCUT2D eigenvalue weighted by Crippen LogP contribution is -2.40. The minimum absolute atomic E-state index is 0.0235. The lowest BCUT2D eigenvalue weighted by Gasteiger charge is -2.13. The molecule has 0 aliphatic carbocycles. The van der Waals surface area contributed by atoms with E-state index in [-0.39, 0.29) is 5.69 Å². The molecule has 6 nitrogen and oxygen atoms in total. The molecule has 0 spiro atoms. The van der Waals surface area contributed by atoms with Gasteiger partial charge in [-0.1, -0.05) is 18.2 Å². The maximum absolute atomic E-state index is 13.1. The highest BCUT2D eigenvalue weighted by atomic mass is 19.2. The number of carbonyl (C=O) groups is 3. The molecule has 2 rings (SSSR count). The number of nitrogens with one attached hydrogen (secondary N) is 2. The van der Waals surface area contributed by atoms with Gasteiger partial charge in [-0.05, 0) is 31.2 Å². The molecule has 0 fully saturated rings. The monoisotopic (exact) mass is 362 g/mol. The molecule has 2 amide bonds. The van der Waals surface area contributed by atoms with Gasteiger partial charge in [0, 0.05) is 17.3 Å². The van der Waals surface area contributed by atoms with Crippen LogP contribution in [0.5, 0.6) is 0 Å². The number of hydrogen-bond acceptors (Lipinski definition) is 4. The Morgan fingerprint density at radius 1 is 1.04 bits per heavy atom. The van der Waals surface area contributed by atoms with Crippen molar-refractivity contribution in [3.05, 3.63) is 65.7 Å². The van der Waals surface area contributed by atoms with Crippen LogP contribution in [-0.4, -0.2) is 30.4 Å². The summed E-state index contributed by atoms with van der Waals surface area (Å²) in [5.41, 5.74) is 0.401. The second-order valence-corrected chi connectivity index (χ2v) is 5.35. The molecule has 2 N–H and O–H groups in total. The van der Waals surface area contributed by atoms with E-state index in [2.05, 4.69) is 10.6 Å². The minimum atomic E-state index is -1.11. The molecule has 0 unspecified atom stereocenters. The first-order valence-electron chi connectivity index (χ1n) is 7.64. The molecule has 0 radical (unpaired) electrons. The number of rotatable bonds is 6. The predicted octanol–water partition coefficient (Wildman–Crippen LogP) is 2.27. The fourth-order valence-corrected chi connectivity index (χ4v) is 1.96. The van der Waals surface area contributed by atoms with E-state index in [0.29, 0.717) is 5.56 Å². The standard InChI is InChI=1S/C18H16F2N2O4/c1-11(21-17(24)12-5-3-2-4-6-12)18(25)26-10-16(23)22-13-7-8-14(19)15(20)9-13/h2-9,11H,10H2,1H3,(H,21,24)(H,22,23)/t11-/m0/s1. The molecule has 0 saturated heterocycles. The lowest BCUT2D eigenvalue weighted by molar-refractivity contribution is -0.148. The Labute approximate surface area is 148 Å². The normalized spacial score (nSPS) is 11.3. The van der Waals surface area contributed by atoms with Crippen LogP contribution in [0.1, 0.15) is 17.3 Å². The maximum atomic E-state index is 13.1. The zero-order valence-electron chi connectivity index (χ0n) is 13.8. The van der Waals surface area contributed by atoms with E-state index < -0.39 is 42.1 Å². The molecule has 26 heavy (non-hydrogen) atoms. The predicted molar refractivity (Wildman–Crippen MR) is 89.3 cm³/mol. The summed E-state index contributed by atoms with van der Waals surface area (Å²) < 4.78 is 30.7. The third-order valence-electron chi connectivity index (χ3n) is 3.29. The molecule has 0 saturated carbocycles. The van der Waals surface area contributed by atoms with Gasteiger partial charge in [0.15, 0.2) is 18.2 Å². The molecule has 8 heteroatoms. The van der Waals surface area contributed by atoms with E-state index >= 15 is 0 Å². The highest BCUT2D eigenvalue weighted by Crippen LogP contribution is 2.12. The Morgan fingerprint density at radius 2 is 1.73 bits per heavy atom. The van der Waals surface area contributed by atoms with Gasteiger partial charge in [0.2, 0.25) is 0 Å². The Bertz CT molecular complexity index is 812. The fraction of sp³-hybridized carbons (Fsp3) is 0.167. The van der Waals surface area contributed by atoms with Crippen LogP contribution in [0.4, 0.5) is 14.5 Å². The molecule has 0 aliphatic rings. The Kier molecular flexibility index (Phi) is 6.37. The summed E-state index contributed by atoms with van der Waals surface area (Å²) in [7, 11) is 0. The van der Waals surface area contributed by atoms with Crippen LogP contribution in [0.3, 0.4) is 0 Å². The molecule has 0 bridgehead atoms. The van der Waals surface area contributed by atoms with Gasteiger partial charge in [0.25, 0.3) is 11.8 Å². The molecule has 2 aromatic carbocycles. The van der Waals surface area contributed by atoms with Crippen LogP contribution in [0.25, 0.3) is 0 Å². The quantitative estimate of drug-likeness (QED) is 0.772. The molecule has 0 aromatic heterocycles. The van der Waals surface area contributed by atoms with Gasteiger partial charge in [-0.2, -0.15) is 0 Å². The van der Waals surface area contributed by atoms with Gasteiger partial charge in [-0.3, -0.25) is 9.59 Å². The first-order valence-corrected chi connectivity index (χ1v) is 7.64. The van der Waals surface area contributed by atoms with Crippen LogP contribution in [-0.2, 0) is 14.3 Å². The number of ether oxygens (including phenoxy) is 1. The molecule has 0 heterocycles. The van der Waals surface area contributed by atoms with Crippen molar-refractivity contribution >= 4 is 23.5 Å². The average Bonchev–Trinajstić information content (AvgIpc) is 2.63. The third-order valence-corrected chi connectivity index (χ3v) is 3.29. The van der Waals surface area contributed by atoms with Crippen LogP contribution in [0, 0.1) is 11.6 Å². The number of anilines is 1. The number of esters is 1. The number of halogens is 2. The topological polar surface area (TPSA) is 84.5 Å². The number of carbonyl (C=O) groups excluding carboxylic acids is 3. The Hall–Kier alpha value is -3.29. The largest absolute Gasteiger partial charge is 0.454 e. The molecule has 1 atom stereocenters. The van der Waals surface area contributed by atoms with Crippen molar-refractivity contribution in [3.8, 4) is 0 Å². The third kappa shape index (κ3) is 5.37. The van der Waals surface area contributed by atoms with Crippen molar-refractivity contribution in [2.75, 3.05) is 11.9 Å². The van der Waals surface area contributed by atoms with Gasteiger partial charge in [0.1, 0.15) is 6.04 Å². The van der Waals surface area contributed by atoms with E-state index in [1.165, 1.54) is 13.0 Å². The van der Waals surface area contributed by atoms with Crippen LogP contribution in [0.15, 0.2) is 48.5 Å². The Balaban J connectivity index is 1.80. The van der Waals surface area contributed by atoms with E-state index in [1.54, 1.807) is 30.3 Å². The number of amides is 2. The van der Waals surface area contributed by atoms with Crippen molar-refractivity contribution in [2.24, 2.45) is 0 Å². The van der Waals surface area contributed by atoms with E-state index in [1.807, 2.05) is 0 Å². The highest BCUT2D eigenvalue weighted by molar-refractivity contribution is 5.97. The van der Waals surface area contributed by atoms with Crippen LogP contribution >= 0.6 is 0 Å². The fourth-order valence-electron chi connectivity index (χ4n) is 1.96. The summed E-state index contributed by atoms with van der Waals surface area (Å²) in [6.07, 6.45) is 0. The van der Waals surface area contributed by atoms with Gasteiger partial charge in [-0.25, -0.2) is 13.6 Å². The molecular weight excluding hydrogens is 346 g/mol. The van der Waals surface area contributed by atoms with Crippen molar-refractivity contribution in [1.82, 2.24) is 5.32 Å². The molecule has 136 valence electrons. The van der Waals surface area contributed by atoms with Crippen LogP contribution in [0.2, 0.25) is 0 Å². The SMILES string of the molecule is C[C@H](NC(=O)c1ccccc1)C(=O)OCC(=O)Nc1ccc(F)c(F)c1. The molecule has 2 aromatic rings. The second-order valence-electron chi connectivity index (χ2n) is 5.35. The number of benzene rings is 2. The number of hydrogen-bond donors (Lipinski definition) is 2. The highest BCUT2D eigenvalue weighted by Gasteiger charge is 2.19. The zero-order valence-corrected chi connectivity index (χ0v) is 13.8. The average molecular weight is 362 g/mol. The molecule has 0 aliphatic heterocycles. The summed E-state index contributed by atoms with van der Waals surface area (Å²) in [4.78, 5) is 35.5. The van der Waals surface area contributed by atoms with Gasteiger partial charge in [0.05, 0.1) is 0 Å². The summed E-state index contributed by atoms with van der Waals surface area (Å²) >= 11 is 0. The van der Waals surface area contributed by atoms with Gasteiger partial charge in [-0.15, -0.1) is 0 Å². The van der Waals surface area contributed by atoms with E-state index in [9.17, 15) is 23.2 Å². The molecular formula is C18H16F2N2O4. The second kappa shape index (κ2) is 8.70. The van der Waals surface area contributed by atoms with E-state index in [4.69, 9.17) is 4.74 Å².